The van der Waals surface area contributed by atoms with Crippen LogP contribution in [0.2, 0.25) is 0 Å². The molecular formula is C15H15N3O3. The van der Waals surface area contributed by atoms with Crippen LogP contribution in [0.4, 0.5) is 5.82 Å². The molecule has 108 valence electrons. The first kappa shape index (κ1) is 13.4. The summed E-state index contributed by atoms with van der Waals surface area (Å²) in [5.74, 6) is 0.815. The lowest BCUT2D eigenvalue weighted by atomic mass is 10.2. The molecular weight excluding hydrogens is 270 g/mol. The molecule has 1 saturated heterocycles. The van der Waals surface area contributed by atoms with Gasteiger partial charge in [0.15, 0.2) is 0 Å². The van der Waals surface area contributed by atoms with Crippen molar-refractivity contribution < 1.29 is 9.21 Å². The molecule has 0 aromatic carbocycles. The molecule has 2 aromatic rings. The average molecular weight is 285 g/mol. The monoisotopic (exact) mass is 285 g/mol. The van der Waals surface area contributed by atoms with Gasteiger partial charge in [-0.15, -0.1) is 0 Å². The molecule has 0 saturated carbocycles. The lowest BCUT2D eigenvalue weighted by Gasteiger charge is -2.35. The summed E-state index contributed by atoms with van der Waals surface area (Å²) in [6.07, 6.45) is 2.98. The van der Waals surface area contributed by atoms with Crippen molar-refractivity contribution in [2.45, 2.75) is 0 Å². The molecule has 3 heterocycles. The van der Waals surface area contributed by atoms with E-state index >= 15 is 0 Å². The Morgan fingerprint density at radius 3 is 2.52 bits per heavy atom. The Kier molecular flexibility index (Phi) is 3.68. The fourth-order valence-electron chi connectivity index (χ4n) is 2.34. The van der Waals surface area contributed by atoms with Gasteiger partial charge in [0.05, 0.1) is 5.56 Å². The molecule has 0 bridgehead atoms. The van der Waals surface area contributed by atoms with Gasteiger partial charge < -0.3 is 14.2 Å². The number of anilines is 1. The van der Waals surface area contributed by atoms with E-state index in [4.69, 9.17) is 4.42 Å². The molecule has 0 radical (unpaired) electrons. The van der Waals surface area contributed by atoms with Crippen LogP contribution in [-0.4, -0.2) is 42.0 Å². The predicted octanol–water partition coefficient (Wildman–Crippen LogP) is 0.997. The largest absolute Gasteiger partial charge is 0.430 e. The minimum absolute atomic E-state index is 0.112. The zero-order chi connectivity index (χ0) is 14.7. The summed E-state index contributed by atoms with van der Waals surface area (Å²) in [7, 11) is 0. The smallest absolute Gasteiger partial charge is 0.335 e. The number of nitrogens with zero attached hydrogens (tertiary/aromatic N) is 3. The summed E-state index contributed by atoms with van der Waals surface area (Å²) in [6.45, 7) is 2.71. The number of piperazine rings is 1. The minimum Gasteiger partial charge on any atom is -0.430 e. The third kappa shape index (κ3) is 2.94. The lowest BCUT2D eigenvalue weighted by Crippen LogP contribution is -2.49. The van der Waals surface area contributed by atoms with Gasteiger partial charge in [-0.05, 0) is 18.2 Å². The molecule has 6 nitrogen and oxygen atoms in total. The highest BCUT2D eigenvalue weighted by molar-refractivity contribution is 5.93. The van der Waals surface area contributed by atoms with Crippen LogP contribution < -0.4 is 10.5 Å². The van der Waals surface area contributed by atoms with Crippen molar-refractivity contribution >= 4 is 11.7 Å². The number of hydrogen-bond acceptors (Lipinski definition) is 5. The van der Waals surface area contributed by atoms with E-state index in [2.05, 4.69) is 9.88 Å². The lowest BCUT2D eigenvalue weighted by molar-refractivity contribution is 0.0743. The molecule has 1 fully saturated rings. The van der Waals surface area contributed by atoms with Crippen LogP contribution in [0.15, 0.2) is 52.0 Å². The van der Waals surface area contributed by atoms with Gasteiger partial charge in [-0.25, -0.2) is 9.78 Å². The van der Waals surface area contributed by atoms with E-state index < -0.39 is 5.63 Å². The summed E-state index contributed by atoms with van der Waals surface area (Å²) in [6, 6.07) is 8.55. The average Bonchev–Trinajstić information content (AvgIpc) is 2.56. The first-order valence-electron chi connectivity index (χ1n) is 6.78. The molecule has 2 aromatic heterocycles. The van der Waals surface area contributed by atoms with Crippen LogP contribution >= 0.6 is 0 Å². The maximum absolute atomic E-state index is 12.3. The molecule has 1 aliphatic heterocycles. The van der Waals surface area contributed by atoms with Crippen molar-refractivity contribution in [3.8, 4) is 0 Å². The number of hydrogen-bond donors (Lipinski definition) is 0. The van der Waals surface area contributed by atoms with Crippen LogP contribution in [-0.2, 0) is 0 Å². The van der Waals surface area contributed by atoms with Gasteiger partial charge in [0, 0.05) is 38.4 Å². The molecule has 0 spiro atoms. The highest BCUT2D eigenvalue weighted by Gasteiger charge is 2.23. The number of pyridine rings is 1. The molecule has 0 unspecified atom stereocenters. The van der Waals surface area contributed by atoms with E-state index in [0.29, 0.717) is 18.7 Å². The summed E-state index contributed by atoms with van der Waals surface area (Å²) < 4.78 is 4.74. The minimum atomic E-state index is -0.452. The second-order valence-electron chi connectivity index (χ2n) is 4.81. The van der Waals surface area contributed by atoms with Crippen molar-refractivity contribution in [2.75, 3.05) is 31.1 Å². The summed E-state index contributed by atoms with van der Waals surface area (Å²) >= 11 is 0. The van der Waals surface area contributed by atoms with Crippen molar-refractivity contribution in [3.05, 3.63) is 58.8 Å². The predicted molar refractivity (Wildman–Crippen MR) is 77.3 cm³/mol. The molecule has 1 aliphatic rings. The van der Waals surface area contributed by atoms with E-state index in [1.807, 2.05) is 18.2 Å². The van der Waals surface area contributed by atoms with Gasteiger partial charge in [0.25, 0.3) is 5.91 Å². The number of amides is 1. The zero-order valence-corrected chi connectivity index (χ0v) is 11.4. The summed E-state index contributed by atoms with van der Waals surface area (Å²) in [5, 5.41) is 0. The van der Waals surface area contributed by atoms with Crippen molar-refractivity contribution in [1.29, 1.82) is 0 Å². The highest BCUT2D eigenvalue weighted by Crippen LogP contribution is 2.14. The molecule has 3 rings (SSSR count). The van der Waals surface area contributed by atoms with Crippen LogP contribution in [0.5, 0.6) is 0 Å². The Bertz CT molecular complexity index is 656. The molecule has 6 heteroatoms. The first-order chi connectivity index (χ1) is 10.2. The SMILES string of the molecule is O=C(c1ccc(=O)oc1)N1CCN(c2ccccn2)CC1. The highest BCUT2D eigenvalue weighted by atomic mass is 16.4. The van der Waals surface area contributed by atoms with Gasteiger partial charge in [-0.1, -0.05) is 6.07 Å². The number of aromatic nitrogens is 1. The Morgan fingerprint density at radius 2 is 1.90 bits per heavy atom. The quantitative estimate of drug-likeness (QED) is 0.823. The van der Waals surface area contributed by atoms with Crippen LogP contribution in [0, 0.1) is 0 Å². The molecule has 0 aliphatic carbocycles. The van der Waals surface area contributed by atoms with Crippen molar-refractivity contribution in [2.24, 2.45) is 0 Å². The number of carbonyl (C=O) groups is 1. The van der Waals surface area contributed by atoms with Gasteiger partial charge >= 0.3 is 5.63 Å². The fraction of sp³-hybridized carbons (Fsp3) is 0.267. The number of rotatable bonds is 2. The first-order valence-corrected chi connectivity index (χ1v) is 6.78. The van der Waals surface area contributed by atoms with Crippen molar-refractivity contribution in [1.82, 2.24) is 9.88 Å². The molecule has 0 atom stereocenters. The van der Waals surface area contributed by atoms with E-state index in [1.165, 1.54) is 18.4 Å². The Labute approximate surface area is 121 Å². The van der Waals surface area contributed by atoms with E-state index in [0.717, 1.165) is 18.9 Å². The fourth-order valence-corrected chi connectivity index (χ4v) is 2.34. The van der Waals surface area contributed by atoms with Gasteiger partial charge in [0.2, 0.25) is 0 Å². The normalized spacial score (nSPS) is 15.0. The third-order valence-electron chi connectivity index (χ3n) is 3.49. The Morgan fingerprint density at radius 1 is 1.10 bits per heavy atom. The second kappa shape index (κ2) is 5.78. The summed E-state index contributed by atoms with van der Waals surface area (Å²) in [4.78, 5) is 31.4. The van der Waals surface area contributed by atoms with Gasteiger partial charge in [-0.3, -0.25) is 4.79 Å². The topological polar surface area (TPSA) is 66.7 Å². The Balaban J connectivity index is 1.64. The van der Waals surface area contributed by atoms with Crippen molar-refractivity contribution in [3.63, 3.8) is 0 Å². The maximum atomic E-state index is 12.3. The summed E-state index contributed by atoms with van der Waals surface area (Å²) in [5.41, 5.74) is -0.0487. The van der Waals surface area contributed by atoms with Gasteiger partial charge in [-0.2, -0.15) is 0 Å². The standard InChI is InChI=1S/C15H15N3O3/c19-14-5-4-12(11-21-14)15(20)18-9-7-17(8-10-18)13-3-1-2-6-16-13/h1-6,11H,7-10H2. The second-order valence-corrected chi connectivity index (χ2v) is 4.81. The van der Waals surface area contributed by atoms with Crippen LogP contribution in [0.1, 0.15) is 10.4 Å². The number of carbonyl (C=O) groups excluding carboxylic acids is 1. The Hall–Kier alpha value is -2.63. The molecule has 1 amide bonds. The van der Waals surface area contributed by atoms with E-state index in [9.17, 15) is 9.59 Å². The van der Waals surface area contributed by atoms with E-state index in [-0.39, 0.29) is 5.91 Å². The zero-order valence-electron chi connectivity index (χ0n) is 11.4. The van der Waals surface area contributed by atoms with Gasteiger partial charge in [0.1, 0.15) is 12.1 Å². The maximum Gasteiger partial charge on any atom is 0.335 e. The van der Waals surface area contributed by atoms with E-state index in [1.54, 1.807) is 11.1 Å². The molecule has 21 heavy (non-hydrogen) atoms. The third-order valence-corrected chi connectivity index (χ3v) is 3.49. The van der Waals surface area contributed by atoms with Crippen LogP contribution in [0.25, 0.3) is 0 Å². The van der Waals surface area contributed by atoms with Crippen LogP contribution in [0.3, 0.4) is 0 Å². The molecule has 0 N–H and O–H groups in total.